The van der Waals surface area contributed by atoms with Crippen molar-refractivity contribution < 1.29 is 75.8 Å². The molecule has 5 unspecified atom stereocenters. The normalized spacial score (nSPS) is 14.6. The van der Waals surface area contributed by atoms with Crippen LogP contribution in [0.1, 0.15) is 380 Å². The summed E-state index contributed by atoms with van der Waals surface area (Å²) in [6.07, 6.45) is 121. The second kappa shape index (κ2) is 91.8. The number of aliphatic hydroxyl groups excluding tert-OH is 2. The molecular weight excluding hydrogens is 1530 g/mol. The van der Waals surface area contributed by atoms with Gasteiger partial charge in [-0.2, -0.15) is 0 Å². The lowest BCUT2D eigenvalue weighted by Gasteiger charge is -2.21. The molecule has 0 aromatic heterocycles. The third-order valence-electron chi connectivity index (χ3n) is 19.6. The molecule has 0 radical (unpaired) electrons. The summed E-state index contributed by atoms with van der Waals surface area (Å²) >= 11 is 0. The highest BCUT2D eigenvalue weighted by atomic mass is 31.2. The fourth-order valence-electron chi connectivity index (χ4n) is 12.5. The number of aliphatic hydroxyl groups is 2. The average molecular weight is 1700 g/mol. The Bertz CT molecular complexity index is 2890. The summed E-state index contributed by atoms with van der Waals surface area (Å²) in [4.78, 5) is 59.0. The van der Waals surface area contributed by atoms with Crippen molar-refractivity contribution in [1.29, 1.82) is 0 Å². The number of esters is 3. The van der Waals surface area contributed by atoms with Crippen LogP contribution in [0.15, 0.2) is 182 Å². The van der Waals surface area contributed by atoms with E-state index in [1.54, 1.807) is 0 Å². The molecule has 0 aliphatic carbocycles. The summed E-state index contributed by atoms with van der Waals surface area (Å²) < 4.78 is 61.4. The maximum Gasteiger partial charge on any atom is 0.472 e. The van der Waals surface area contributed by atoms with Gasteiger partial charge >= 0.3 is 33.6 Å². The summed E-state index contributed by atoms with van der Waals surface area (Å²) in [5.74, 6) is -1.61. The molecule has 0 fully saturated rings. The van der Waals surface area contributed by atoms with Crippen LogP contribution in [-0.2, 0) is 55.8 Å². The van der Waals surface area contributed by atoms with Crippen molar-refractivity contribution in [3.8, 4) is 0 Å². The fraction of sp³-hybridized carbons (Fsp3) is 0.673. The van der Waals surface area contributed by atoms with Crippen molar-refractivity contribution >= 4 is 33.6 Å². The number of ether oxygens (including phenoxy) is 3. The van der Waals surface area contributed by atoms with Crippen LogP contribution in [0.25, 0.3) is 0 Å². The third kappa shape index (κ3) is 93.2. The monoisotopic (exact) mass is 1700 g/mol. The summed E-state index contributed by atoms with van der Waals surface area (Å²) in [6, 6.07) is 0. The Balaban J connectivity index is 4.53. The van der Waals surface area contributed by atoms with E-state index in [-0.39, 0.29) is 19.3 Å². The van der Waals surface area contributed by atoms with Crippen LogP contribution in [0, 0.1) is 0 Å². The van der Waals surface area contributed by atoms with Gasteiger partial charge in [-0.25, -0.2) is 9.13 Å². The van der Waals surface area contributed by atoms with Crippen molar-refractivity contribution in [1.82, 2.24) is 0 Å². The predicted molar refractivity (Wildman–Crippen MR) is 500 cm³/mol. The first-order chi connectivity index (χ1) is 58.2. The van der Waals surface area contributed by atoms with Gasteiger partial charge < -0.3 is 34.2 Å². The molecule has 0 rings (SSSR count). The van der Waals surface area contributed by atoms with Crippen LogP contribution < -0.4 is 0 Å². The lowest BCUT2D eigenvalue weighted by Crippen LogP contribution is -2.30. The average Bonchev–Trinajstić information content (AvgIpc) is 0.924. The molecule has 18 heteroatoms. The molecule has 0 heterocycles. The van der Waals surface area contributed by atoms with Crippen molar-refractivity contribution in [2.75, 3.05) is 39.6 Å². The van der Waals surface area contributed by atoms with Gasteiger partial charge in [0.25, 0.3) is 0 Å². The highest BCUT2D eigenvalue weighted by Crippen LogP contribution is 2.45. The second-order valence-corrected chi connectivity index (χ2v) is 34.0. The van der Waals surface area contributed by atoms with Crippen LogP contribution in [0.5, 0.6) is 0 Å². The van der Waals surface area contributed by atoms with E-state index in [1.165, 1.54) is 161 Å². The topological polar surface area (TPSA) is 231 Å². The fourth-order valence-corrected chi connectivity index (χ4v) is 14.1. The van der Waals surface area contributed by atoms with E-state index in [1.807, 2.05) is 0 Å². The zero-order chi connectivity index (χ0) is 86.5. The number of phosphoric acid groups is 2. The van der Waals surface area contributed by atoms with E-state index in [2.05, 4.69) is 203 Å². The molecule has 0 aromatic rings. The lowest BCUT2D eigenvalue weighted by atomic mass is 10.0. The highest BCUT2D eigenvalue weighted by Gasteiger charge is 2.29. The van der Waals surface area contributed by atoms with E-state index < -0.39 is 91.5 Å². The minimum Gasteiger partial charge on any atom is -0.463 e. The Hall–Kier alpha value is -5.35. The minimum atomic E-state index is -4.95. The maximum absolute atomic E-state index is 13.0. The minimum absolute atomic E-state index is 0.0611. The molecule has 119 heavy (non-hydrogen) atoms. The molecule has 0 aromatic carbocycles. The molecule has 5 atom stereocenters. The summed E-state index contributed by atoms with van der Waals surface area (Å²) in [5, 5.41) is 20.7. The Kier molecular flexibility index (Phi) is 87.7. The Morgan fingerprint density at radius 1 is 0.244 bits per heavy atom. The quantitative estimate of drug-likeness (QED) is 0.0146. The van der Waals surface area contributed by atoms with Gasteiger partial charge in [-0.15, -0.1) is 0 Å². The van der Waals surface area contributed by atoms with Gasteiger partial charge in [0, 0.05) is 19.3 Å². The summed E-state index contributed by atoms with van der Waals surface area (Å²) in [6.45, 7) is 2.42. The highest BCUT2D eigenvalue weighted by molar-refractivity contribution is 7.47. The van der Waals surface area contributed by atoms with E-state index in [0.29, 0.717) is 19.3 Å². The van der Waals surface area contributed by atoms with Crippen molar-refractivity contribution in [3.05, 3.63) is 182 Å². The predicted octanol–water partition coefficient (Wildman–Crippen LogP) is 29.2. The van der Waals surface area contributed by atoms with Gasteiger partial charge in [-0.3, -0.25) is 32.5 Å². The van der Waals surface area contributed by atoms with Crippen molar-refractivity contribution in [2.24, 2.45) is 0 Å². The van der Waals surface area contributed by atoms with Gasteiger partial charge in [0.05, 0.1) is 26.4 Å². The second-order valence-electron chi connectivity index (χ2n) is 31.0. The van der Waals surface area contributed by atoms with Gasteiger partial charge in [0.2, 0.25) is 0 Å². The number of unbranched alkanes of at least 4 members (excludes halogenated alkanes) is 35. The van der Waals surface area contributed by atoms with Gasteiger partial charge in [-0.1, -0.05) is 383 Å². The number of carbonyl (C=O) groups excluding carboxylic acids is 3. The van der Waals surface area contributed by atoms with Crippen LogP contribution >= 0.6 is 15.6 Å². The number of hydrogen-bond donors (Lipinski definition) is 4. The molecule has 0 spiro atoms. The molecule has 0 amide bonds. The van der Waals surface area contributed by atoms with E-state index in [9.17, 15) is 43.5 Å². The van der Waals surface area contributed by atoms with Gasteiger partial charge in [-0.05, 0) is 161 Å². The molecular formula is C101H170O16P2. The first kappa shape index (κ1) is 114. The van der Waals surface area contributed by atoms with E-state index in [0.717, 1.165) is 161 Å². The number of carbonyl (C=O) groups is 3. The number of phosphoric ester groups is 2. The van der Waals surface area contributed by atoms with E-state index >= 15 is 0 Å². The number of allylic oxidation sites excluding steroid dienone is 30. The smallest absolute Gasteiger partial charge is 0.463 e. The standard InChI is InChI=1S/C101H170O16P2/c1-4-7-10-13-16-19-22-25-28-31-34-36-38-40-42-44-45-46-47-48-49-51-53-54-56-58-61-63-66-69-72-75-78-81-84-87-99(104)111-90-96(102)91-113-118(107,108)114-92-97(103)93-115-119(109,110)116-95-98(117-101(106)89-86-83-80-77-74-71-68-65-60-33-30-27-24-21-18-15-12-9-6-3)94-112-100(105)88-85-82-79-76-73-70-67-64-62-59-57-55-52-50-43-41-39-37-35-32-29-26-23-20-17-14-11-8-5-2/h7,9-10,12,16-21,25-30,34-37,40-43,45-46,60,65,71,74,96-98,102-103H,4-6,8,11,13-15,22-24,31-33,38-39,44,47-59,61-64,66-70,72-73,75-95H2,1-3H3,(H,107,108)(H,109,110)/b10-7-,12-9-,19-16-,20-17-,21-18-,28-25-,29-26-,30-27-,36-34-,37-35-,42-40-,43-41-,46-45-,65-60-,74-71-. The molecule has 680 valence electrons. The van der Waals surface area contributed by atoms with E-state index in [4.69, 9.17) is 32.3 Å². The lowest BCUT2D eigenvalue weighted by molar-refractivity contribution is -0.161. The summed E-state index contributed by atoms with van der Waals surface area (Å²) in [7, 11) is -9.83. The molecule has 16 nitrogen and oxygen atoms in total. The number of hydrogen-bond acceptors (Lipinski definition) is 14. The Morgan fingerprint density at radius 3 is 0.714 bits per heavy atom. The van der Waals surface area contributed by atoms with Crippen molar-refractivity contribution in [3.63, 3.8) is 0 Å². The third-order valence-corrected chi connectivity index (χ3v) is 21.5. The summed E-state index contributed by atoms with van der Waals surface area (Å²) in [5.41, 5.74) is 0. The molecule has 0 bridgehead atoms. The zero-order valence-corrected chi connectivity index (χ0v) is 76.8. The van der Waals surface area contributed by atoms with Crippen LogP contribution in [0.4, 0.5) is 0 Å². The molecule has 0 aliphatic heterocycles. The van der Waals surface area contributed by atoms with Crippen LogP contribution in [0.2, 0.25) is 0 Å². The molecule has 0 saturated carbocycles. The largest absolute Gasteiger partial charge is 0.472 e. The van der Waals surface area contributed by atoms with Crippen LogP contribution in [0.3, 0.4) is 0 Å². The number of rotatable bonds is 88. The SMILES string of the molecule is CC/C=C\C/C=C\C/C=C\C/C=C\C/C=C\C/C=C\CCCCCCCCCCCCCCCCCCC(=O)OCC(O)COP(=O)(O)OCC(O)COP(=O)(O)OCC(COC(=O)CCCCCCCCCCCCCCC/C=C\C/C=C\C/C=C\C/C=C\CCCCC)OC(=O)CCCCC/C=C\C/C=C\C/C=C\C/C=C\C/C=C\CC. The van der Waals surface area contributed by atoms with Crippen molar-refractivity contribution in [2.45, 2.75) is 399 Å². The molecule has 4 N–H and O–H groups in total. The first-order valence-corrected chi connectivity index (χ1v) is 50.1. The van der Waals surface area contributed by atoms with Gasteiger partial charge in [0.1, 0.15) is 25.4 Å². The first-order valence-electron chi connectivity index (χ1n) is 47.1. The Morgan fingerprint density at radius 2 is 0.445 bits per heavy atom. The van der Waals surface area contributed by atoms with Crippen LogP contribution in [-0.4, -0.2) is 95.9 Å². The van der Waals surface area contributed by atoms with Gasteiger partial charge in [0.15, 0.2) is 6.10 Å². The zero-order valence-electron chi connectivity index (χ0n) is 75.0. The molecule has 0 saturated heterocycles. The maximum atomic E-state index is 13.0. The Labute approximate surface area is 725 Å². The molecule has 0 aliphatic rings.